The molecule has 162 valence electrons. The molecule has 2 aromatic heterocycles. The molecule has 1 aromatic carbocycles. The third kappa shape index (κ3) is 7.05. The van der Waals surface area contributed by atoms with E-state index in [1.807, 2.05) is 42.8 Å². The van der Waals surface area contributed by atoms with Gasteiger partial charge in [0.1, 0.15) is 18.1 Å². The van der Waals surface area contributed by atoms with Gasteiger partial charge in [0.25, 0.3) is 0 Å². The van der Waals surface area contributed by atoms with Crippen LogP contribution in [0.5, 0.6) is 5.75 Å². The minimum absolute atomic E-state index is 0. The zero-order valence-corrected chi connectivity index (χ0v) is 20.0. The van der Waals surface area contributed by atoms with Crippen molar-refractivity contribution in [1.82, 2.24) is 30.0 Å². The van der Waals surface area contributed by atoms with E-state index in [0.29, 0.717) is 6.54 Å². The smallest absolute Gasteiger partial charge is 0.191 e. The van der Waals surface area contributed by atoms with E-state index in [4.69, 9.17) is 4.74 Å². The largest absolute Gasteiger partial charge is 0.497 e. The number of aryl methyl sites for hydroxylation is 1. The van der Waals surface area contributed by atoms with Crippen LogP contribution in [0.3, 0.4) is 0 Å². The summed E-state index contributed by atoms with van der Waals surface area (Å²) in [5.41, 5.74) is 1.24. The second-order valence-electron chi connectivity index (χ2n) is 6.76. The van der Waals surface area contributed by atoms with E-state index in [2.05, 4.69) is 54.9 Å². The molecule has 0 aliphatic carbocycles. The SMILES string of the molecule is COc1ccc(CCNC(=NCc2nnc(C)n2C)NCCn2cccc2)cc1.I. The Bertz CT molecular complexity index is 904. The quantitative estimate of drug-likeness (QED) is 0.256. The summed E-state index contributed by atoms with van der Waals surface area (Å²) in [6, 6.07) is 12.2. The molecule has 0 radical (unpaired) electrons. The first kappa shape index (κ1) is 23.7. The number of halogens is 1. The van der Waals surface area contributed by atoms with E-state index in [1.165, 1.54) is 5.56 Å². The summed E-state index contributed by atoms with van der Waals surface area (Å²) in [6.07, 6.45) is 5.00. The highest BCUT2D eigenvalue weighted by molar-refractivity contribution is 14.0. The van der Waals surface area contributed by atoms with E-state index >= 15 is 0 Å². The van der Waals surface area contributed by atoms with Crippen LogP contribution in [0.1, 0.15) is 17.2 Å². The third-order valence-electron chi connectivity index (χ3n) is 4.76. The van der Waals surface area contributed by atoms with E-state index in [0.717, 1.165) is 49.4 Å². The van der Waals surface area contributed by atoms with Gasteiger partial charge in [-0.3, -0.25) is 0 Å². The highest BCUT2D eigenvalue weighted by atomic mass is 127. The van der Waals surface area contributed by atoms with Crippen LogP contribution in [-0.4, -0.2) is 45.5 Å². The molecule has 0 aliphatic rings. The number of guanidine groups is 1. The molecule has 30 heavy (non-hydrogen) atoms. The summed E-state index contributed by atoms with van der Waals surface area (Å²) < 4.78 is 9.30. The van der Waals surface area contributed by atoms with Crippen LogP contribution < -0.4 is 15.4 Å². The molecule has 3 aromatic rings. The zero-order valence-electron chi connectivity index (χ0n) is 17.7. The number of hydrogen-bond acceptors (Lipinski definition) is 4. The second-order valence-corrected chi connectivity index (χ2v) is 6.76. The Kier molecular flexibility index (Phi) is 9.65. The molecule has 0 atom stereocenters. The van der Waals surface area contributed by atoms with Gasteiger partial charge in [-0.15, -0.1) is 34.2 Å². The standard InChI is InChI=1S/C21H29N7O.HI/c1-17-25-26-20(27(17)2)16-24-21(23-12-15-28-13-4-5-14-28)22-11-10-18-6-8-19(29-3)9-7-18;/h4-9,13-14H,10-12,15-16H2,1-3H3,(H2,22,23,24);1H. The Morgan fingerprint density at radius 1 is 1.07 bits per heavy atom. The van der Waals surface area contributed by atoms with Gasteiger partial charge in [-0.2, -0.15) is 0 Å². The minimum Gasteiger partial charge on any atom is -0.497 e. The number of hydrogen-bond donors (Lipinski definition) is 2. The van der Waals surface area contributed by atoms with Gasteiger partial charge >= 0.3 is 0 Å². The van der Waals surface area contributed by atoms with Gasteiger partial charge < -0.3 is 24.5 Å². The van der Waals surface area contributed by atoms with Gasteiger partial charge in [-0.25, -0.2) is 4.99 Å². The van der Waals surface area contributed by atoms with Crippen molar-refractivity contribution in [3.05, 3.63) is 66.0 Å². The monoisotopic (exact) mass is 523 g/mol. The molecule has 0 bridgehead atoms. The van der Waals surface area contributed by atoms with Crippen LogP contribution in [0.4, 0.5) is 0 Å². The number of methoxy groups -OCH3 is 1. The second kappa shape index (κ2) is 12.2. The first-order chi connectivity index (χ1) is 14.2. The number of nitrogens with one attached hydrogen (secondary N) is 2. The Morgan fingerprint density at radius 3 is 2.40 bits per heavy atom. The third-order valence-corrected chi connectivity index (χ3v) is 4.76. The van der Waals surface area contributed by atoms with Gasteiger partial charge in [0, 0.05) is 39.1 Å². The fourth-order valence-electron chi connectivity index (χ4n) is 2.85. The van der Waals surface area contributed by atoms with Gasteiger partial charge in [0.05, 0.1) is 7.11 Å². The van der Waals surface area contributed by atoms with Crippen LogP contribution in [0, 0.1) is 6.92 Å². The van der Waals surface area contributed by atoms with Crippen LogP contribution in [0.2, 0.25) is 0 Å². The molecule has 0 fully saturated rings. The number of benzene rings is 1. The number of nitrogens with zero attached hydrogens (tertiary/aromatic N) is 5. The summed E-state index contributed by atoms with van der Waals surface area (Å²) in [5.74, 6) is 3.36. The topological polar surface area (TPSA) is 81.3 Å². The molecule has 0 amide bonds. The predicted octanol–water partition coefficient (Wildman–Crippen LogP) is 2.53. The Labute approximate surface area is 194 Å². The summed E-state index contributed by atoms with van der Waals surface area (Å²) in [7, 11) is 3.63. The van der Waals surface area contributed by atoms with E-state index < -0.39 is 0 Å². The summed E-state index contributed by atoms with van der Waals surface area (Å²) >= 11 is 0. The van der Waals surface area contributed by atoms with Crippen molar-refractivity contribution in [3.63, 3.8) is 0 Å². The molecular formula is C21H30IN7O. The molecule has 0 aliphatic heterocycles. The van der Waals surface area contributed by atoms with Gasteiger partial charge in [0.15, 0.2) is 11.8 Å². The van der Waals surface area contributed by atoms with Crippen molar-refractivity contribution in [2.45, 2.75) is 26.4 Å². The lowest BCUT2D eigenvalue weighted by Gasteiger charge is -2.13. The van der Waals surface area contributed by atoms with Crippen molar-refractivity contribution in [2.24, 2.45) is 12.0 Å². The van der Waals surface area contributed by atoms with Gasteiger partial charge in [-0.1, -0.05) is 12.1 Å². The summed E-state index contributed by atoms with van der Waals surface area (Å²) in [6.45, 7) is 4.83. The fourth-order valence-corrected chi connectivity index (χ4v) is 2.85. The van der Waals surface area contributed by atoms with Crippen LogP contribution >= 0.6 is 24.0 Å². The maximum atomic E-state index is 5.21. The number of rotatable bonds is 9. The Hall–Kier alpha value is -2.56. The molecule has 0 saturated carbocycles. The van der Waals surface area contributed by atoms with Gasteiger partial charge in [-0.05, 0) is 43.2 Å². The number of aliphatic imine (C=N–C) groups is 1. The molecule has 2 heterocycles. The molecular weight excluding hydrogens is 493 g/mol. The van der Waals surface area contributed by atoms with Crippen molar-refractivity contribution >= 4 is 29.9 Å². The summed E-state index contributed by atoms with van der Waals surface area (Å²) in [4.78, 5) is 4.69. The Morgan fingerprint density at radius 2 is 1.77 bits per heavy atom. The normalized spacial score (nSPS) is 11.1. The molecule has 0 saturated heterocycles. The molecule has 0 spiro atoms. The predicted molar refractivity (Wildman–Crippen MR) is 129 cm³/mol. The molecule has 3 rings (SSSR count). The lowest BCUT2D eigenvalue weighted by atomic mass is 10.1. The highest BCUT2D eigenvalue weighted by Gasteiger charge is 2.05. The number of aromatic nitrogens is 4. The van der Waals surface area contributed by atoms with Crippen LogP contribution in [-0.2, 0) is 26.6 Å². The van der Waals surface area contributed by atoms with Crippen molar-refractivity contribution in [1.29, 1.82) is 0 Å². The molecule has 8 nitrogen and oxygen atoms in total. The van der Waals surface area contributed by atoms with Gasteiger partial charge in [0.2, 0.25) is 0 Å². The average Bonchev–Trinajstić information content (AvgIpc) is 3.37. The maximum absolute atomic E-state index is 5.21. The van der Waals surface area contributed by atoms with Crippen LogP contribution in [0.25, 0.3) is 0 Å². The Balaban J connectivity index is 0.00000320. The first-order valence-corrected chi connectivity index (χ1v) is 9.76. The van der Waals surface area contributed by atoms with Crippen LogP contribution in [0.15, 0.2) is 53.8 Å². The lowest BCUT2D eigenvalue weighted by Crippen LogP contribution is -2.40. The zero-order chi connectivity index (χ0) is 20.5. The van der Waals surface area contributed by atoms with E-state index in [1.54, 1.807) is 7.11 Å². The average molecular weight is 523 g/mol. The van der Waals surface area contributed by atoms with E-state index in [-0.39, 0.29) is 24.0 Å². The lowest BCUT2D eigenvalue weighted by molar-refractivity contribution is 0.414. The molecule has 2 N–H and O–H groups in total. The fraction of sp³-hybridized carbons (Fsp3) is 0.381. The van der Waals surface area contributed by atoms with Crippen molar-refractivity contribution < 1.29 is 4.74 Å². The van der Waals surface area contributed by atoms with Crippen molar-refractivity contribution in [2.75, 3.05) is 20.2 Å². The maximum Gasteiger partial charge on any atom is 0.191 e. The van der Waals surface area contributed by atoms with E-state index in [9.17, 15) is 0 Å². The number of ether oxygens (including phenoxy) is 1. The highest BCUT2D eigenvalue weighted by Crippen LogP contribution is 2.11. The molecule has 0 unspecified atom stereocenters. The first-order valence-electron chi connectivity index (χ1n) is 9.76. The minimum atomic E-state index is 0. The molecule has 9 heteroatoms. The van der Waals surface area contributed by atoms with Crippen molar-refractivity contribution in [3.8, 4) is 5.75 Å². The summed E-state index contributed by atoms with van der Waals surface area (Å²) in [5, 5.41) is 15.1.